The summed E-state index contributed by atoms with van der Waals surface area (Å²) in [6.45, 7) is 17.9. The van der Waals surface area contributed by atoms with Gasteiger partial charge in [-0.2, -0.15) is 0 Å². The SMILES string of the molecule is CCCCNC(=O)C(c1ccc(C)c(C)c1)N(C(=O)C(NC(=O)OC(C)(C)C)C(C)C)C1CC1C. The van der Waals surface area contributed by atoms with E-state index in [9.17, 15) is 14.4 Å². The van der Waals surface area contributed by atoms with Gasteiger partial charge in [0, 0.05) is 12.6 Å². The Bertz CT molecular complexity index is 906. The molecule has 2 rings (SSSR count). The Hall–Kier alpha value is -2.57. The van der Waals surface area contributed by atoms with Crippen LogP contribution in [0.1, 0.15) is 90.5 Å². The Morgan fingerprint density at radius 2 is 1.77 bits per heavy atom. The van der Waals surface area contributed by atoms with Crippen molar-refractivity contribution in [3.8, 4) is 0 Å². The molecule has 0 heterocycles. The molecule has 1 aliphatic carbocycles. The number of alkyl carbamates (subject to hydrolysis) is 1. The summed E-state index contributed by atoms with van der Waals surface area (Å²) < 4.78 is 5.43. The third kappa shape index (κ3) is 7.97. The first kappa shape index (κ1) is 28.7. The summed E-state index contributed by atoms with van der Waals surface area (Å²) in [6, 6.07) is 4.29. The van der Waals surface area contributed by atoms with Crippen molar-refractivity contribution in [2.45, 2.75) is 105 Å². The molecule has 1 saturated carbocycles. The Labute approximate surface area is 211 Å². The van der Waals surface area contributed by atoms with Gasteiger partial charge in [0.1, 0.15) is 17.7 Å². The molecule has 0 radical (unpaired) electrons. The van der Waals surface area contributed by atoms with E-state index in [-0.39, 0.29) is 29.7 Å². The minimum absolute atomic E-state index is 0.0623. The predicted molar refractivity (Wildman–Crippen MR) is 139 cm³/mol. The van der Waals surface area contributed by atoms with E-state index in [0.717, 1.165) is 36.0 Å². The highest BCUT2D eigenvalue weighted by Gasteiger charge is 2.48. The first-order chi connectivity index (χ1) is 16.3. The number of rotatable bonds is 10. The molecule has 0 saturated heterocycles. The number of amides is 3. The van der Waals surface area contributed by atoms with Crippen LogP contribution in [0.15, 0.2) is 18.2 Å². The number of hydrogen-bond donors (Lipinski definition) is 2. The number of benzene rings is 1. The molecule has 1 aromatic rings. The first-order valence-corrected chi connectivity index (χ1v) is 12.9. The molecule has 3 amide bonds. The number of carbonyl (C=O) groups is 3. The minimum atomic E-state index is -0.810. The molecule has 1 aromatic carbocycles. The lowest BCUT2D eigenvalue weighted by molar-refractivity contribution is -0.144. The fourth-order valence-electron chi connectivity index (χ4n) is 4.14. The number of nitrogens with zero attached hydrogens (tertiary/aromatic N) is 1. The van der Waals surface area contributed by atoms with Crippen molar-refractivity contribution in [2.24, 2.45) is 11.8 Å². The first-order valence-electron chi connectivity index (χ1n) is 12.9. The fraction of sp³-hybridized carbons (Fsp3) is 0.679. The van der Waals surface area contributed by atoms with E-state index in [0.29, 0.717) is 6.54 Å². The van der Waals surface area contributed by atoms with Crippen LogP contribution in [0.3, 0.4) is 0 Å². The summed E-state index contributed by atoms with van der Waals surface area (Å²) >= 11 is 0. The van der Waals surface area contributed by atoms with Crippen molar-refractivity contribution in [1.82, 2.24) is 15.5 Å². The van der Waals surface area contributed by atoms with Crippen LogP contribution in [0.4, 0.5) is 4.79 Å². The van der Waals surface area contributed by atoms with Crippen LogP contribution in [0, 0.1) is 25.7 Å². The standard InChI is InChI=1S/C28H45N3O4/c1-10-11-14-29-25(32)24(21-13-12-18(4)19(5)15-21)31(22-16-20(22)6)26(33)23(17(2)3)30-27(34)35-28(7,8)9/h12-13,15,17,20,22-24H,10-11,14,16H2,1-9H3,(H,29,32)(H,30,34). The summed E-state index contributed by atoms with van der Waals surface area (Å²) in [5.41, 5.74) is 2.30. The highest BCUT2D eigenvalue weighted by molar-refractivity contribution is 5.92. The van der Waals surface area contributed by atoms with E-state index in [1.54, 1.807) is 25.7 Å². The normalized spacial score (nSPS) is 19.0. The van der Waals surface area contributed by atoms with Gasteiger partial charge in [-0.3, -0.25) is 9.59 Å². The van der Waals surface area contributed by atoms with E-state index in [2.05, 4.69) is 24.5 Å². The molecule has 1 aliphatic rings. The Morgan fingerprint density at radius 1 is 1.14 bits per heavy atom. The van der Waals surface area contributed by atoms with Crippen LogP contribution in [0.2, 0.25) is 0 Å². The van der Waals surface area contributed by atoms with Crippen LogP contribution in [0.25, 0.3) is 0 Å². The zero-order valence-corrected chi connectivity index (χ0v) is 23.0. The number of unbranched alkanes of at least 4 members (excludes halogenated alkanes) is 1. The Balaban J connectivity index is 2.47. The van der Waals surface area contributed by atoms with Gasteiger partial charge in [0.2, 0.25) is 11.8 Å². The quantitative estimate of drug-likeness (QED) is 0.452. The molecule has 0 aliphatic heterocycles. The molecule has 196 valence electrons. The van der Waals surface area contributed by atoms with Crippen LogP contribution in [-0.2, 0) is 14.3 Å². The van der Waals surface area contributed by atoms with E-state index in [4.69, 9.17) is 4.74 Å². The maximum absolute atomic E-state index is 14.1. The number of ether oxygens (including phenoxy) is 1. The van der Waals surface area contributed by atoms with Crippen molar-refractivity contribution in [3.05, 3.63) is 34.9 Å². The van der Waals surface area contributed by atoms with Crippen LogP contribution in [-0.4, -0.2) is 47.0 Å². The van der Waals surface area contributed by atoms with Gasteiger partial charge in [0.05, 0.1) is 0 Å². The second-order valence-electron chi connectivity index (χ2n) is 11.3. The molecule has 4 unspecified atom stereocenters. The van der Waals surface area contributed by atoms with Crippen molar-refractivity contribution >= 4 is 17.9 Å². The van der Waals surface area contributed by atoms with Crippen molar-refractivity contribution in [1.29, 1.82) is 0 Å². The summed E-state index contributed by atoms with van der Waals surface area (Å²) in [5, 5.41) is 5.83. The average molecular weight is 488 g/mol. The van der Waals surface area contributed by atoms with Gasteiger partial charge >= 0.3 is 6.09 Å². The second-order valence-corrected chi connectivity index (χ2v) is 11.3. The molecular formula is C28H45N3O4. The zero-order valence-electron chi connectivity index (χ0n) is 23.0. The number of carbonyl (C=O) groups excluding carboxylic acids is 3. The molecule has 1 fully saturated rings. The lowest BCUT2D eigenvalue weighted by atomic mass is 9.96. The van der Waals surface area contributed by atoms with E-state index in [1.807, 2.05) is 45.9 Å². The third-order valence-electron chi connectivity index (χ3n) is 6.49. The van der Waals surface area contributed by atoms with Gasteiger partial charge in [-0.25, -0.2) is 4.79 Å². The van der Waals surface area contributed by atoms with Crippen molar-refractivity contribution < 1.29 is 19.1 Å². The maximum atomic E-state index is 14.1. The summed E-state index contributed by atoms with van der Waals surface area (Å²) in [4.78, 5) is 42.0. The lowest BCUT2D eigenvalue weighted by Crippen LogP contribution is -2.55. The van der Waals surface area contributed by atoms with E-state index < -0.39 is 23.8 Å². The van der Waals surface area contributed by atoms with Gasteiger partial charge in [0.15, 0.2) is 0 Å². The van der Waals surface area contributed by atoms with E-state index in [1.165, 1.54) is 0 Å². The molecule has 4 atom stereocenters. The van der Waals surface area contributed by atoms with Crippen LogP contribution >= 0.6 is 0 Å². The van der Waals surface area contributed by atoms with Crippen LogP contribution in [0.5, 0.6) is 0 Å². The zero-order chi connectivity index (χ0) is 26.5. The number of nitrogens with one attached hydrogen (secondary N) is 2. The van der Waals surface area contributed by atoms with Gasteiger partial charge in [0.25, 0.3) is 0 Å². The van der Waals surface area contributed by atoms with Gasteiger partial charge in [-0.05, 0) is 76.0 Å². The molecular weight excluding hydrogens is 442 g/mol. The molecule has 2 N–H and O–H groups in total. The monoisotopic (exact) mass is 487 g/mol. The summed E-state index contributed by atoms with van der Waals surface area (Å²) in [7, 11) is 0. The highest BCUT2D eigenvalue weighted by atomic mass is 16.6. The predicted octanol–water partition coefficient (Wildman–Crippen LogP) is 5.05. The molecule has 0 spiro atoms. The van der Waals surface area contributed by atoms with E-state index >= 15 is 0 Å². The minimum Gasteiger partial charge on any atom is -0.444 e. The third-order valence-corrected chi connectivity index (χ3v) is 6.49. The molecule has 35 heavy (non-hydrogen) atoms. The Kier molecular flexibility index (Phi) is 9.76. The molecule has 0 bridgehead atoms. The van der Waals surface area contributed by atoms with Crippen LogP contribution < -0.4 is 10.6 Å². The Morgan fingerprint density at radius 3 is 2.26 bits per heavy atom. The smallest absolute Gasteiger partial charge is 0.408 e. The number of aryl methyl sites for hydroxylation is 2. The summed E-state index contributed by atoms with van der Waals surface area (Å²) in [6.07, 6.45) is 2.02. The van der Waals surface area contributed by atoms with Crippen molar-refractivity contribution in [3.63, 3.8) is 0 Å². The second kappa shape index (κ2) is 11.9. The molecule has 7 heteroatoms. The average Bonchev–Trinajstić information content (AvgIpc) is 3.46. The maximum Gasteiger partial charge on any atom is 0.408 e. The molecule has 0 aromatic heterocycles. The molecule has 7 nitrogen and oxygen atoms in total. The van der Waals surface area contributed by atoms with Gasteiger partial charge in [-0.1, -0.05) is 52.3 Å². The lowest BCUT2D eigenvalue weighted by Gasteiger charge is -2.36. The number of hydrogen-bond acceptors (Lipinski definition) is 4. The topological polar surface area (TPSA) is 87.7 Å². The fourth-order valence-corrected chi connectivity index (χ4v) is 4.14. The highest BCUT2D eigenvalue weighted by Crippen LogP contribution is 2.41. The van der Waals surface area contributed by atoms with Gasteiger partial charge < -0.3 is 20.3 Å². The largest absolute Gasteiger partial charge is 0.444 e. The van der Waals surface area contributed by atoms with Gasteiger partial charge in [-0.15, -0.1) is 0 Å². The summed E-state index contributed by atoms with van der Waals surface area (Å²) in [5.74, 6) is -0.344. The van der Waals surface area contributed by atoms with Crippen molar-refractivity contribution in [2.75, 3.05) is 6.54 Å².